The summed E-state index contributed by atoms with van der Waals surface area (Å²) in [4.78, 5) is 7.76. The van der Waals surface area contributed by atoms with Gasteiger partial charge in [0.1, 0.15) is 11.2 Å². The molecule has 96 valence electrons. The summed E-state index contributed by atoms with van der Waals surface area (Å²) in [7, 11) is -2.18. The van der Waals surface area contributed by atoms with Crippen LogP contribution in [0.4, 0.5) is 5.95 Å². The second kappa shape index (κ2) is 4.70. The lowest BCUT2D eigenvalue weighted by Crippen LogP contribution is -2.19. The summed E-state index contributed by atoms with van der Waals surface area (Å²) >= 11 is 0. The summed E-state index contributed by atoms with van der Waals surface area (Å²) in [5.41, 5.74) is 5.76. The molecule has 9 heteroatoms. The van der Waals surface area contributed by atoms with E-state index in [4.69, 9.17) is 5.73 Å². The molecule has 0 saturated heterocycles. The van der Waals surface area contributed by atoms with Crippen molar-refractivity contribution in [2.24, 2.45) is 12.8 Å². The quantitative estimate of drug-likeness (QED) is 0.770. The average molecular weight is 268 g/mol. The standard InChI is InChI=1S/C9H12N6O2S/c1-15-9(12-6-13-15)14-18(16,17)8-3-2-4-11-7(8)5-10/h2-4,6H,5,10H2,1H3,(H,12,13,14). The molecule has 3 N–H and O–H groups in total. The molecule has 0 spiro atoms. The normalized spacial score (nSPS) is 11.4. The maximum Gasteiger partial charge on any atom is 0.266 e. The fourth-order valence-corrected chi connectivity index (χ4v) is 2.62. The zero-order valence-corrected chi connectivity index (χ0v) is 10.4. The van der Waals surface area contributed by atoms with Crippen molar-refractivity contribution in [3.63, 3.8) is 0 Å². The van der Waals surface area contributed by atoms with Gasteiger partial charge >= 0.3 is 0 Å². The third-order valence-corrected chi connectivity index (χ3v) is 3.67. The summed E-state index contributed by atoms with van der Waals surface area (Å²) in [5, 5.41) is 3.78. The Morgan fingerprint density at radius 3 is 2.83 bits per heavy atom. The maximum atomic E-state index is 12.1. The van der Waals surface area contributed by atoms with E-state index in [1.54, 1.807) is 7.05 Å². The van der Waals surface area contributed by atoms with E-state index in [1.807, 2.05) is 0 Å². The van der Waals surface area contributed by atoms with Gasteiger partial charge in [-0.1, -0.05) is 0 Å². The van der Waals surface area contributed by atoms with Gasteiger partial charge in [-0.2, -0.15) is 10.1 Å². The molecule has 8 nitrogen and oxygen atoms in total. The topological polar surface area (TPSA) is 116 Å². The molecular weight excluding hydrogens is 256 g/mol. The van der Waals surface area contributed by atoms with Gasteiger partial charge in [-0.15, -0.1) is 0 Å². The van der Waals surface area contributed by atoms with Crippen molar-refractivity contribution in [2.45, 2.75) is 11.4 Å². The molecule has 0 fully saturated rings. The minimum absolute atomic E-state index is 0.0375. The van der Waals surface area contributed by atoms with E-state index in [-0.39, 0.29) is 17.4 Å². The minimum atomic E-state index is -3.76. The predicted molar refractivity (Wildman–Crippen MR) is 63.9 cm³/mol. The summed E-state index contributed by atoms with van der Waals surface area (Å²) in [5.74, 6) is 0.127. The lowest BCUT2D eigenvalue weighted by molar-refractivity contribution is 0.598. The van der Waals surface area contributed by atoms with Gasteiger partial charge in [0.2, 0.25) is 5.95 Å². The van der Waals surface area contributed by atoms with Crippen molar-refractivity contribution >= 4 is 16.0 Å². The molecule has 0 aliphatic carbocycles. The number of nitrogens with two attached hydrogens (primary N) is 1. The van der Waals surface area contributed by atoms with Crippen LogP contribution >= 0.6 is 0 Å². The highest BCUT2D eigenvalue weighted by Gasteiger charge is 2.20. The van der Waals surface area contributed by atoms with Crippen LogP contribution in [-0.2, 0) is 23.6 Å². The Morgan fingerprint density at radius 2 is 2.22 bits per heavy atom. The monoisotopic (exact) mass is 268 g/mol. The van der Waals surface area contributed by atoms with Crippen molar-refractivity contribution in [3.8, 4) is 0 Å². The summed E-state index contributed by atoms with van der Waals surface area (Å²) < 4.78 is 27.9. The largest absolute Gasteiger partial charge is 0.325 e. The highest BCUT2D eigenvalue weighted by atomic mass is 32.2. The van der Waals surface area contributed by atoms with E-state index in [9.17, 15) is 8.42 Å². The Hall–Kier alpha value is -2.00. The van der Waals surface area contributed by atoms with Gasteiger partial charge in [0.25, 0.3) is 10.0 Å². The molecule has 0 aliphatic rings. The van der Waals surface area contributed by atoms with Crippen LogP contribution in [0.15, 0.2) is 29.6 Å². The minimum Gasteiger partial charge on any atom is -0.325 e. The van der Waals surface area contributed by atoms with Gasteiger partial charge in [0, 0.05) is 19.8 Å². The van der Waals surface area contributed by atoms with E-state index in [1.165, 1.54) is 29.3 Å². The van der Waals surface area contributed by atoms with E-state index in [0.29, 0.717) is 5.69 Å². The molecule has 0 radical (unpaired) electrons. The van der Waals surface area contributed by atoms with Crippen molar-refractivity contribution in [2.75, 3.05) is 4.72 Å². The molecule has 0 aromatic carbocycles. The average Bonchev–Trinajstić information content (AvgIpc) is 2.74. The number of hydrogen-bond acceptors (Lipinski definition) is 6. The highest BCUT2D eigenvalue weighted by Crippen LogP contribution is 2.15. The molecule has 2 heterocycles. The van der Waals surface area contributed by atoms with Crippen LogP contribution in [0.25, 0.3) is 0 Å². The lowest BCUT2D eigenvalue weighted by atomic mass is 10.3. The lowest BCUT2D eigenvalue weighted by Gasteiger charge is -2.09. The SMILES string of the molecule is Cn1ncnc1NS(=O)(=O)c1cccnc1CN. The molecule has 2 aromatic heterocycles. The van der Waals surface area contributed by atoms with E-state index in [2.05, 4.69) is 19.8 Å². The molecule has 2 rings (SSSR count). The van der Waals surface area contributed by atoms with Crippen LogP contribution in [0, 0.1) is 0 Å². The number of anilines is 1. The number of aromatic nitrogens is 4. The Kier molecular flexibility index (Phi) is 3.26. The Morgan fingerprint density at radius 1 is 1.44 bits per heavy atom. The molecule has 2 aromatic rings. The van der Waals surface area contributed by atoms with Crippen LogP contribution < -0.4 is 10.5 Å². The van der Waals surface area contributed by atoms with Gasteiger partial charge in [0.15, 0.2) is 0 Å². The van der Waals surface area contributed by atoms with Crippen molar-refractivity contribution < 1.29 is 8.42 Å². The van der Waals surface area contributed by atoms with Gasteiger partial charge < -0.3 is 5.73 Å². The molecular formula is C9H12N6O2S. The number of rotatable bonds is 4. The molecule has 0 saturated carbocycles. The number of nitrogens with one attached hydrogen (secondary N) is 1. The highest BCUT2D eigenvalue weighted by molar-refractivity contribution is 7.92. The Bertz CT molecular complexity index is 651. The third-order valence-electron chi connectivity index (χ3n) is 2.27. The third kappa shape index (κ3) is 2.31. The first-order chi connectivity index (χ1) is 8.54. The Balaban J connectivity index is 2.40. The van der Waals surface area contributed by atoms with Crippen LogP contribution in [0.1, 0.15) is 5.69 Å². The number of aryl methyl sites for hydroxylation is 1. The Labute approximate surface area is 104 Å². The molecule has 0 amide bonds. The summed E-state index contributed by atoms with van der Waals surface area (Å²) in [6.07, 6.45) is 2.74. The van der Waals surface area contributed by atoms with Gasteiger partial charge in [-0.3, -0.25) is 4.98 Å². The molecule has 0 aliphatic heterocycles. The van der Waals surface area contributed by atoms with E-state index < -0.39 is 10.0 Å². The van der Waals surface area contributed by atoms with Crippen LogP contribution in [0.3, 0.4) is 0 Å². The van der Waals surface area contributed by atoms with E-state index >= 15 is 0 Å². The maximum absolute atomic E-state index is 12.1. The molecule has 18 heavy (non-hydrogen) atoms. The second-order valence-corrected chi connectivity index (χ2v) is 5.12. The second-order valence-electron chi connectivity index (χ2n) is 3.47. The van der Waals surface area contributed by atoms with Crippen LogP contribution in [-0.4, -0.2) is 28.2 Å². The fraction of sp³-hybridized carbons (Fsp3) is 0.222. The van der Waals surface area contributed by atoms with Crippen molar-refractivity contribution in [3.05, 3.63) is 30.4 Å². The van der Waals surface area contributed by atoms with Gasteiger partial charge in [-0.05, 0) is 12.1 Å². The summed E-state index contributed by atoms with van der Waals surface area (Å²) in [6, 6.07) is 2.97. The van der Waals surface area contributed by atoms with Crippen molar-refractivity contribution in [1.82, 2.24) is 19.7 Å². The summed E-state index contributed by atoms with van der Waals surface area (Å²) in [6.45, 7) is 0.0376. The van der Waals surface area contributed by atoms with Crippen molar-refractivity contribution in [1.29, 1.82) is 0 Å². The molecule has 0 bridgehead atoms. The molecule has 0 unspecified atom stereocenters. The zero-order chi connectivity index (χ0) is 13.2. The van der Waals surface area contributed by atoms with E-state index in [0.717, 1.165) is 0 Å². The first-order valence-corrected chi connectivity index (χ1v) is 6.53. The van der Waals surface area contributed by atoms with Crippen LogP contribution in [0.5, 0.6) is 0 Å². The number of pyridine rings is 1. The smallest absolute Gasteiger partial charge is 0.266 e. The van der Waals surface area contributed by atoms with Gasteiger partial charge in [0.05, 0.1) is 5.69 Å². The zero-order valence-electron chi connectivity index (χ0n) is 9.61. The van der Waals surface area contributed by atoms with Crippen LogP contribution in [0.2, 0.25) is 0 Å². The number of sulfonamides is 1. The number of hydrogen-bond donors (Lipinski definition) is 2. The number of nitrogens with zero attached hydrogens (tertiary/aromatic N) is 4. The molecule has 0 atom stereocenters. The first kappa shape index (κ1) is 12.5. The fourth-order valence-electron chi connectivity index (χ4n) is 1.38. The predicted octanol–water partition coefficient (Wildman–Crippen LogP) is -0.530. The first-order valence-electron chi connectivity index (χ1n) is 5.05. The van der Waals surface area contributed by atoms with Gasteiger partial charge in [-0.25, -0.2) is 17.8 Å².